The number of hydrogen-bond donors (Lipinski definition) is 2. The van der Waals surface area contributed by atoms with Gasteiger partial charge in [-0.25, -0.2) is 0 Å². The van der Waals surface area contributed by atoms with Gasteiger partial charge < -0.3 is 11.1 Å². The molecule has 0 fully saturated rings. The Morgan fingerprint density at radius 3 is 2.38 bits per heavy atom. The van der Waals surface area contributed by atoms with Crippen molar-refractivity contribution in [3.05, 3.63) is 35.9 Å². The quantitative estimate of drug-likeness (QED) is 0.811. The summed E-state index contributed by atoms with van der Waals surface area (Å²) in [6.45, 7) is -0.829. The van der Waals surface area contributed by atoms with Crippen molar-refractivity contribution < 1.29 is 13.2 Å². The Kier molecular flexibility index (Phi) is 4.76. The van der Waals surface area contributed by atoms with Crippen molar-refractivity contribution in [2.75, 3.05) is 13.1 Å². The Bertz CT molecular complexity index is 298. The summed E-state index contributed by atoms with van der Waals surface area (Å²) in [6, 6.07) is 9.16. The van der Waals surface area contributed by atoms with Crippen LogP contribution in [0, 0.1) is 0 Å². The molecule has 3 N–H and O–H groups in total. The number of alkyl halides is 3. The molecule has 2 nitrogen and oxygen atoms in total. The van der Waals surface area contributed by atoms with E-state index in [1.165, 1.54) is 0 Å². The van der Waals surface area contributed by atoms with Gasteiger partial charge in [0, 0.05) is 12.6 Å². The second kappa shape index (κ2) is 5.86. The van der Waals surface area contributed by atoms with E-state index in [4.69, 9.17) is 5.73 Å². The van der Waals surface area contributed by atoms with E-state index in [1.807, 2.05) is 30.3 Å². The maximum atomic E-state index is 11.8. The van der Waals surface area contributed by atoms with E-state index < -0.39 is 12.7 Å². The molecule has 0 aromatic heterocycles. The second-order valence-corrected chi connectivity index (χ2v) is 3.70. The molecule has 5 heteroatoms. The molecule has 0 saturated carbocycles. The summed E-state index contributed by atoms with van der Waals surface area (Å²) in [6.07, 6.45) is -3.60. The van der Waals surface area contributed by atoms with E-state index in [0.717, 1.165) is 5.56 Å². The fraction of sp³-hybridized carbons (Fsp3) is 0.455. The minimum absolute atomic E-state index is 0.161. The maximum Gasteiger partial charge on any atom is 0.401 e. The van der Waals surface area contributed by atoms with Crippen molar-refractivity contribution in [3.63, 3.8) is 0 Å². The summed E-state index contributed by atoms with van der Waals surface area (Å²) in [5.41, 5.74) is 6.74. The average molecular weight is 232 g/mol. The maximum absolute atomic E-state index is 11.8. The highest BCUT2D eigenvalue weighted by atomic mass is 19.4. The molecular formula is C11H15F3N2. The van der Waals surface area contributed by atoms with Crippen LogP contribution in [-0.2, 0) is 6.42 Å². The number of hydrogen-bond acceptors (Lipinski definition) is 2. The zero-order valence-electron chi connectivity index (χ0n) is 8.80. The molecule has 16 heavy (non-hydrogen) atoms. The Balaban J connectivity index is 2.24. The third-order valence-electron chi connectivity index (χ3n) is 2.07. The van der Waals surface area contributed by atoms with Crippen molar-refractivity contribution in [2.45, 2.75) is 18.6 Å². The normalized spacial score (nSPS) is 13.8. The van der Waals surface area contributed by atoms with Gasteiger partial charge in [-0.15, -0.1) is 0 Å². The van der Waals surface area contributed by atoms with Crippen LogP contribution in [0.15, 0.2) is 30.3 Å². The highest BCUT2D eigenvalue weighted by Crippen LogP contribution is 2.12. The summed E-state index contributed by atoms with van der Waals surface area (Å²) in [7, 11) is 0. The molecule has 1 rings (SSSR count). The van der Waals surface area contributed by atoms with E-state index in [9.17, 15) is 13.2 Å². The lowest BCUT2D eigenvalue weighted by atomic mass is 10.1. The second-order valence-electron chi connectivity index (χ2n) is 3.70. The lowest BCUT2D eigenvalue weighted by Gasteiger charge is -2.14. The number of benzene rings is 1. The van der Waals surface area contributed by atoms with Gasteiger partial charge in [0.15, 0.2) is 0 Å². The van der Waals surface area contributed by atoms with Gasteiger partial charge in [0.1, 0.15) is 0 Å². The van der Waals surface area contributed by atoms with Crippen LogP contribution in [0.4, 0.5) is 13.2 Å². The predicted molar refractivity (Wildman–Crippen MR) is 57.0 cm³/mol. The molecule has 0 saturated heterocycles. The van der Waals surface area contributed by atoms with Crippen LogP contribution in [0.3, 0.4) is 0 Å². The van der Waals surface area contributed by atoms with Gasteiger partial charge in [0.2, 0.25) is 0 Å². The highest BCUT2D eigenvalue weighted by Gasteiger charge is 2.26. The third-order valence-corrected chi connectivity index (χ3v) is 2.07. The van der Waals surface area contributed by atoms with E-state index in [1.54, 1.807) is 0 Å². The third kappa shape index (κ3) is 5.72. The summed E-state index contributed by atoms with van der Waals surface area (Å²) >= 11 is 0. The SMILES string of the molecule is NC(CNCC(F)(F)F)Cc1ccccc1. The summed E-state index contributed by atoms with van der Waals surface area (Å²) in [5, 5.41) is 2.30. The molecule has 0 aliphatic rings. The van der Waals surface area contributed by atoms with E-state index in [-0.39, 0.29) is 12.6 Å². The summed E-state index contributed by atoms with van der Waals surface area (Å²) in [4.78, 5) is 0. The van der Waals surface area contributed by atoms with Crippen LogP contribution in [0.1, 0.15) is 5.56 Å². The van der Waals surface area contributed by atoms with Crippen LogP contribution in [-0.4, -0.2) is 25.3 Å². The monoisotopic (exact) mass is 232 g/mol. The molecule has 0 bridgehead atoms. The summed E-state index contributed by atoms with van der Waals surface area (Å²) < 4.78 is 35.5. The number of nitrogens with one attached hydrogen (secondary N) is 1. The van der Waals surface area contributed by atoms with Gasteiger partial charge in [-0.2, -0.15) is 13.2 Å². The van der Waals surface area contributed by atoms with Crippen molar-refractivity contribution in [3.8, 4) is 0 Å². The first kappa shape index (κ1) is 13.0. The predicted octanol–water partition coefficient (Wildman–Crippen LogP) is 1.71. The number of rotatable bonds is 5. The fourth-order valence-electron chi connectivity index (χ4n) is 1.39. The molecule has 0 radical (unpaired) electrons. The molecule has 1 unspecified atom stereocenters. The molecule has 0 spiro atoms. The first-order valence-electron chi connectivity index (χ1n) is 5.04. The molecule has 0 aliphatic heterocycles. The molecule has 1 aromatic rings. The lowest BCUT2D eigenvalue weighted by molar-refractivity contribution is -0.124. The van der Waals surface area contributed by atoms with Crippen molar-refractivity contribution in [2.24, 2.45) is 5.73 Å². The molecule has 1 aromatic carbocycles. The van der Waals surface area contributed by atoms with Gasteiger partial charge in [-0.05, 0) is 12.0 Å². The molecule has 0 amide bonds. The number of nitrogens with two attached hydrogens (primary N) is 1. The largest absolute Gasteiger partial charge is 0.401 e. The van der Waals surface area contributed by atoms with Crippen molar-refractivity contribution in [1.29, 1.82) is 0 Å². The molecule has 90 valence electrons. The lowest BCUT2D eigenvalue weighted by Crippen LogP contribution is -2.39. The highest BCUT2D eigenvalue weighted by molar-refractivity contribution is 5.15. The molecular weight excluding hydrogens is 217 g/mol. The Morgan fingerprint density at radius 2 is 1.81 bits per heavy atom. The van der Waals surface area contributed by atoms with Crippen LogP contribution in [0.2, 0.25) is 0 Å². The smallest absolute Gasteiger partial charge is 0.326 e. The van der Waals surface area contributed by atoms with Crippen LogP contribution in [0.5, 0.6) is 0 Å². The minimum atomic E-state index is -4.17. The number of halogens is 3. The summed E-state index contributed by atoms with van der Waals surface area (Å²) in [5.74, 6) is 0. The Morgan fingerprint density at radius 1 is 1.19 bits per heavy atom. The first-order valence-corrected chi connectivity index (χ1v) is 5.04. The van der Waals surface area contributed by atoms with Crippen LogP contribution in [0.25, 0.3) is 0 Å². The molecule has 1 atom stereocenters. The van der Waals surface area contributed by atoms with Crippen molar-refractivity contribution in [1.82, 2.24) is 5.32 Å². The zero-order chi connectivity index (χ0) is 12.0. The topological polar surface area (TPSA) is 38.0 Å². The van der Waals surface area contributed by atoms with Crippen LogP contribution < -0.4 is 11.1 Å². The van der Waals surface area contributed by atoms with Crippen molar-refractivity contribution >= 4 is 0 Å². The Hall–Kier alpha value is -1.07. The van der Waals surface area contributed by atoms with E-state index in [2.05, 4.69) is 5.32 Å². The van der Waals surface area contributed by atoms with E-state index >= 15 is 0 Å². The standard InChI is InChI=1S/C11H15F3N2/c12-11(13,14)8-16-7-10(15)6-9-4-2-1-3-5-9/h1-5,10,16H,6-8,15H2. The van der Waals surface area contributed by atoms with Crippen LogP contribution >= 0.6 is 0 Å². The average Bonchev–Trinajstić information content (AvgIpc) is 2.17. The minimum Gasteiger partial charge on any atom is -0.326 e. The van der Waals surface area contributed by atoms with Gasteiger partial charge in [0.05, 0.1) is 6.54 Å². The van der Waals surface area contributed by atoms with Gasteiger partial charge in [0.25, 0.3) is 0 Å². The molecule has 0 aliphatic carbocycles. The first-order chi connectivity index (χ1) is 7.47. The molecule has 0 heterocycles. The van der Waals surface area contributed by atoms with Gasteiger partial charge >= 0.3 is 6.18 Å². The van der Waals surface area contributed by atoms with E-state index in [0.29, 0.717) is 6.42 Å². The van der Waals surface area contributed by atoms with Gasteiger partial charge in [-0.3, -0.25) is 0 Å². The zero-order valence-corrected chi connectivity index (χ0v) is 8.80. The van der Waals surface area contributed by atoms with Gasteiger partial charge in [-0.1, -0.05) is 30.3 Å². The fourth-order valence-corrected chi connectivity index (χ4v) is 1.39. The Labute approximate surface area is 92.6 Å².